The highest BCUT2D eigenvalue weighted by molar-refractivity contribution is 5.84. The molecule has 6 nitrogen and oxygen atoms in total. The number of benzene rings is 1. The number of aromatic nitrogens is 3. The number of carbonyl (C=O) groups excluding carboxylic acids is 1. The molecule has 0 amide bonds. The minimum absolute atomic E-state index is 0.00778. The van der Waals surface area contributed by atoms with Crippen molar-refractivity contribution in [2.75, 3.05) is 12.8 Å². The van der Waals surface area contributed by atoms with Crippen molar-refractivity contribution in [1.82, 2.24) is 14.8 Å². The number of methoxy groups -OCH3 is 1. The topological polar surface area (TPSA) is 83.0 Å². The third-order valence-corrected chi connectivity index (χ3v) is 2.29. The van der Waals surface area contributed by atoms with E-state index in [0.717, 1.165) is 5.56 Å². The van der Waals surface area contributed by atoms with E-state index < -0.39 is 5.97 Å². The van der Waals surface area contributed by atoms with Gasteiger partial charge in [-0.15, -0.1) is 5.10 Å². The first-order valence-corrected chi connectivity index (χ1v) is 4.98. The molecule has 0 radical (unpaired) electrons. The summed E-state index contributed by atoms with van der Waals surface area (Å²) in [5.74, 6) is -0.566. The fraction of sp³-hybridized carbons (Fsp3) is 0.182. The van der Waals surface area contributed by atoms with Crippen LogP contribution in [0.4, 0.5) is 5.69 Å². The summed E-state index contributed by atoms with van der Waals surface area (Å²) < 4.78 is 5.98. The highest BCUT2D eigenvalue weighted by atomic mass is 16.5. The number of anilines is 1. The number of carbonyl (C=O) groups is 1. The highest BCUT2D eigenvalue weighted by Gasteiger charge is 2.12. The zero-order chi connectivity index (χ0) is 12.4. The second kappa shape index (κ2) is 4.25. The lowest BCUT2D eigenvalue weighted by atomic mass is 10.2. The van der Waals surface area contributed by atoms with Crippen LogP contribution in [0.3, 0.4) is 0 Å². The molecule has 2 aromatic rings. The summed E-state index contributed by atoms with van der Waals surface area (Å²) in [7, 11) is 1.28. The largest absolute Gasteiger partial charge is 0.463 e. The number of rotatable bonds is 2. The van der Waals surface area contributed by atoms with Crippen molar-refractivity contribution < 1.29 is 9.53 Å². The quantitative estimate of drug-likeness (QED) is 0.615. The molecule has 0 atom stereocenters. The smallest absolute Gasteiger partial charge is 0.377 e. The molecule has 1 heterocycles. The minimum atomic E-state index is -0.574. The summed E-state index contributed by atoms with van der Waals surface area (Å²) in [4.78, 5) is 15.1. The van der Waals surface area contributed by atoms with Gasteiger partial charge in [0.2, 0.25) is 0 Å². The number of aryl methyl sites for hydroxylation is 1. The Morgan fingerprint density at radius 2 is 2.24 bits per heavy atom. The molecule has 0 unspecified atom stereocenters. The first kappa shape index (κ1) is 11.1. The zero-order valence-electron chi connectivity index (χ0n) is 9.54. The third kappa shape index (κ3) is 2.10. The molecule has 0 fully saturated rings. The van der Waals surface area contributed by atoms with Crippen molar-refractivity contribution >= 4 is 11.7 Å². The number of esters is 1. The van der Waals surface area contributed by atoms with Crippen LogP contribution >= 0.6 is 0 Å². The van der Waals surface area contributed by atoms with Gasteiger partial charge in [0.05, 0.1) is 18.5 Å². The van der Waals surface area contributed by atoms with Gasteiger partial charge in [0.15, 0.2) is 0 Å². The van der Waals surface area contributed by atoms with Gasteiger partial charge in [-0.25, -0.2) is 14.5 Å². The Morgan fingerprint density at radius 3 is 2.94 bits per heavy atom. The van der Waals surface area contributed by atoms with Gasteiger partial charge < -0.3 is 10.5 Å². The van der Waals surface area contributed by atoms with Crippen molar-refractivity contribution in [2.24, 2.45) is 0 Å². The van der Waals surface area contributed by atoms with Gasteiger partial charge in [0.25, 0.3) is 5.82 Å². The van der Waals surface area contributed by atoms with Crippen LogP contribution in [0.25, 0.3) is 5.69 Å². The van der Waals surface area contributed by atoms with Gasteiger partial charge in [0, 0.05) is 0 Å². The van der Waals surface area contributed by atoms with E-state index in [2.05, 4.69) is 14.8 Å². The highest BCUT2D eigenvalue weighted by Crippen LogP contribution is 2.17. The summed E-state index contributed by atoms with van der Waals surface area (Å²) in [6.45, 7) is 1.95. The molecule has 2 rings (SSSR count). The number of nitrogen functional groups attached to an aromatic ring is 1. The van der Waals surface area contributed by atoms with E-state index in [1.165, 1.54) is 18.1 Å². The monoisotopic (exact) mass is 232 g/mol. The molecule has 0 aliphatic rings. The summed E-state index contributed by atoms with van der Waals surface area (Å²) in [5, 5.41) is 4.00. The molecule has 0 saturated heterocycles. The molecular formula is C11H12N4O2. The molecule has 1 aromatic carbocycles. The molecule has 0 aliphatic carbocycles. The van der Waals surface area contributed by atoms with Gasteiger partial charge in [-0.1, -0.05) is 6.07 Å². The van der Waals surface area contributed by atoms with Gasteiger partial charge in [0.1, 0.15) is 6.33 Å². The summed E-state index contributed by atoms with van der Waals surface area (Å²) in [6.07, 6.45) is 1.43. The summed E-state index contributed by atoms with van der Waals surface area (Å²) in [5.41, 5.74) is 8.13. The first-order chi connectivity index (χ1) is 8.11. The molecular weight excluding hydrogens is 220 g/mol. The van der Waals surface area contributed by atoms with Crippen molar-refractivity contribution in [3.8, 4) is 5.69 Å². The van der Waals surface area contributed by atoms with Gasteiger partial charge in [-0.3, -0.25) is 0 Å². The van der Waals surface area contributed by atoms with Crippen LogP contribution in [0.5, 0.6) is 0 Å². The van der Waals surface area contributed by atoms with Crippen molar-refractivity contribution in [3.63, 3.8) is 0 Å². The van der Waals surface area contributed by atoms with E-state index in [0.29, 0.717) is 11.4 Å². The molecule has 88 valence electrons. The first-order valence-electron chi connectivity index (χ1n) is 4.98. The molecule has 6 heteroatoms. The van der Waals surface area contributed by atoms with Crippen molar-refractivity contribution in [2.45, 2.75) is 6.92 Å². The Hall–Kier alpha value is -2.37. The maximum Gasteiger partial charge on any atom is 0.377 e. The summed E-state index contributed by atoms with van der Waals surface area (Å²) >= 11 is 0. The van der Waals surface area contributed by atoms with E-state index >= 15 is 0 Å². The van der Waals surface area contributed by atoms with E-state index in [-0.39, 0.29) is 5.82 Å². The van der Waals surface area contributed by atoms with Crippen LogP contribution in [0, 0.1) is 6.92 Å². The number of nitrogens with two attached hydrogens (primary N) is 1. The number of hydrogen-bond acceptors (Lipinski definition) is 5. The van der Waals surface area contributed by atoms with Gasteiger partial charge in [-0.2, -0.15) is 0 Å². The van der Waals surface area contributed by atoms with Crippen LogP contribution in [0.2, 0.25) is 0 Å². The van der Waals surface area contributed by atoms with E-state index in [1.54, 1.807) is 6.07 Å². The van der Waals surface area contributed by atoms with Gasteiger partial charge in [-0.05, 0) is 24.6 Å². The Labute approximate surface area is 98.0 Å². The minimum Gasteiger partial charge on any atom is -0.463 e. The average molecular weight is 232 g/mol. The van der Waals surface area contributed by atoms with Gasteiger partial charge >= 0.3 is 5.97 Å². The van der Waals surface area contributed by atoms with Crippen LogP contribution in [-0.4, -0.2) is 27.8 Å². The Morgan fingerprint density at radius 1 is 1.47 bits per heavy atom. The van der Waals surface area contributed by atoms with E-state index in [9.17, 15) is 4.79 Å². The number of ether oxygens (including phenoxy) is 1. The molecule has 2 N–H and O–H groups in total. The van der Waals surface area contributed by atoms with Crippen LogP contribution in [0.15, 0.2) is 24.5 Å². The Bertz CT molecular complexity index is 562. The molecule has 1 aromatic heterocycles. The molecule has 0 saturated carbocycles. The van der Waals surface area contributed by atoms with Crippen molar-refractivity contribution in [3.05, 3.63) is 35.9 Å². The fourth-order valence-electron chi connectivity index (χ4n) is 1.42. The van der Waals surface area contributed by atoms with Crippen molar-refractivity contribution in [1.29, 1.82) is 0 Å². The van der Waals surface area contributed by atoms with Crippen LogP contribution in [0.1, 0.15) is 16.2 Å². The number of nitrogens with zero attached hydrogens (tertiary/aromatic N) is 3. The lowest BCUT2D eigenvalue weighted by molar-refractivity contribution is 0.0587. The maximum atomic E-state index is 11.2. The molecule has 0 aliphatic heterocycles. The van der Waals surface area contributed by atoms with E-state index in [1.807, 2.05) is 19.1 Å². The predicted molar refractivity (Wildman–Crippen MR) is 61.8 cm³/mol. The zero-order valence-corrected chi connectivity index (χ0v) is 9.54. The van der Waals surface area contributed by atoms with Crippen LogP contribution in [-0.2, 0) is 4.74 Å². The van der Waals surface area contributed by atoms with Crippen LogP contribution < -0.4 is 5.73 Å². The second-order valence-electron chi connectivity index (χ2n) is 3.57. The third-order valence-electron chi connectivity index (χ3n) is 2.29. The SMILES string of the molecule is COC(=O)c1ncn(-c2cc(C)ccc2N)n1. The fourth-order valence-corrected chi connectivity index (χ4v) is 1.42. The lowest BCUT2D eigenvalue weighted by Gasteiger charge is -2.05. The Kier molecular flexibility index (Phi) is 2.78. The lowest BCUT2D eigenvalue weighted by Crippen LogP contribution is -2.06. The average Bonchev–Trinajstić information content (AvgIpc) is 2.80. The summed E-state index contributed by atoms with van der Waals surface area (Å²) in [6, 6.07) is 5.55. The number of hydrogen-bond donors (Lipinski definition) is 1. The molecule has 17 heavy (non-hydrogen) atoms. The molecule has 0 spiro atoms. The normalized spacial score (nSPS) is 10.2. The Balaban J connectivity index is 2.43. The van der Waals surface area contributed by atoms with E-state index in [4.69, 9.17) is 5.73 Å². The standard InChI is InChI=1S/C11H12N4O2/c1-7-3-4-8(12)9(5-7)15-6-13-10(14-15)11(16)17-2/h3-6H,12H2,1-2H3. The maximum absolute atomic E-state index is 11.2. The predicted octanol–water partition coefficient (Wildman–Crippen LogP) is 0.945. The second-order valence-corrected chi connectivity index (χ2v) is 3.57. The molecule has 0 bridgehead atoms.